The summed E-state index contributed by atoms with van der Waals surface area (Å²) in [7, 11) is 0. The van der Waals surface area contributed by atoms with Gasteiger partial charge in [0.05, 0.1) is 12.8 Å². The maximum absolute atomic E-state index is 11.3. The monoisotopic (exact) mass is 275 g/mol. The van der Waals surface area contributed by atoms with E-state index in [9.17, 15) is 9.59 Å². The van der Waals surface area contributed by atoms with Crippen molar-refractivity contribution in [3.05, 3.63) is 42.5 Å². The van der Waals surface area contributed by atoms with Gasteiger partial charge < -0.3 is 10.1 Å². The largest absolute Gasteiger partial charge is 0.494 e. The molecule has 6 nitrogen and oxygen atoms in total. The van der Waals surface area contributed by atoms with E-state index in [1.54, 1.807) is 24.3 Å². The fraction of sp³-hybridized carbons (Fsp3) is 0.214. The van der Waals surface area contributed by atoms with Gasteiger partial charge >= 0.3 is 11.8 Å². The second kappa shape index (κ2) is 8.47. The van der Waals surface area contributed by atoms with Gasteiger partial charge in [0.15, 0.2) is 0 Å². The topological polar surface area (TPSA) is 79.8 Å². The Morgan fingerprint density at radius 3 is 2.60 bits per heavy atom. The zero-order valence-corrected chi connectivity index (χ0v) is 11.3. The van der Waals surface area contributed by atoms with Crippen LogP contribution in [0.3, 0.4) is 0 Å². The Morgan fingerprint density at radius 1 is 1.30 bits per heavy atom. The summed E-state index contributed by atoms with van der Waals surface area (Å²) in [5, 5.41) is 6.04. The van der Waals surface area contributed by atoms with Crippen LogP contribution in [0.1, 0.15) is 12.5 Å². The van der Waals surface area contributed by atoms with Crippen LogP contribution in [0.2, 0.25) is 0 Å². The van der Waals surface area contributed by atoms with Crippen LogP contribution in [-0.2, 0) is 9.59 Å². The van der Waals surface area contributed by atoms with Crippen LogP contribution in [0.4, 0.5) is 0 Å². The molecule has 0 radical (unpaired) electrons. The van der Waals surface area contributed by atoms with Gasteiger partial charge in [0.1, 0.15) is 5.75 Å². The van der Waals surface area contributed by atoms with Crippen molar-refractivity contribution in [2.45, 2.75) is 6.92 Å². The highest BCUT2D eigenvalue weighted by Crippen LogP contribution is 2.10. The zero-order chi connectivity index (χ0) is 14.8. The van der Waals surface area contributed by atoms with Gasteiger partial charge in [-0.05, 0) is 36.8 Å². The number of nitrogens with zero attached hydrogens (tertiary/aromatic N) is 1. The van der Waals surface area contributed by atoms with Crippen molar-refractivity contribution in [3.8, 4) is 5.75 Å². The van der Waals surface area contributed by atoms with Crippen LogP contribution < -0.4 is 15.5 Å². The SMILES string of the molecule is C=CCNC(=O)C(=O)N/N=C/c1ccc(OCC)cc1. The number of hydrazone groups is 1. The second-order valence-corrected chi connectivity index (χ2v) is 3.70. The van der Waals surface area contributed by atoms with Crippen LogP contribution in [0.15, 0.2) is 42.0 Å². The van der Waals surface area contributed by atoms with E-state index in [1.807, 2.05) is 6.92 Å². The minimum absolute atomic E-state index is 0.231. The fourth-order valence-corrected chi connectivity index (χ4v) is 1.28. The molecule has 0 saturated carbocycles. The lowest BCUT2D eigenvalue weighted by atomic mass is 10.2. The summed E-state index contributed by atoms with van der Waals surface area (Å²) < 4.78 is 5.30. The molecule has 20 heavy (non-hydrogen) atoms. The van der Waals surface area contributed by atoms with Crippen LogP contribution in [0.5, 0.6) is 5.75 Å². The maximum atomic E-state index is 11.3. The van der Waals surface area contributed by atoms with Crippen molar-refractivity contribution in [1.29, 1.82) is 0 Å². The van der Waals surface area contributed by atoms with Gasteiger partial charge in [-0.3, -0.25) is 9.59 Å². The third-order valence-corrected chi connectivity index (χ3v) is 2.18. The first-order valence-corrected chi connectivity index (χ1v) is 6.12. The van der Waals surface area contributed by atoms with E-state index in [0.717, 1.165) is 11.3 Å². The molecule has 6 heteroatoms. The summed E-state index contributed by atoms with van der Waals surface area (Å²) in [6, 6.07) is 7.17. The number of rotatable bonds is 6. The number of ether oxygens (including phenoxy) is 1. The number of hydrogen-bond acceptors (Lipinski definition) is 4. The average molecular weight is 275 g/mol. The first-order valence-electron chi connectivity index (χ1n) is 6.12. The molecule has 0 aliphatic rings. The fourth-order valence-electron chi connectivity index (χ4n) is 1.28. The first-order chi connectivity index (χ1) is 9.67. The van der Waals surface area contributed by atoms with Crippen molar-refractivity contribution in [3.63, 3.8) is 0 Å². The molecule has 0 aromatic heterocycles. The number of nitrogens with one attached hydrogen (secondary N) is 2. The Morgan fingerprint density at radius 2 is 2.00 bits per heavy atom. The van der Waals surface area contributed by atoms with Crippen molar-refractivity contribution < 1.29 is 14.3 Å². The standard InChI is InChI=1S/C14H17N3O3/c1-3-9-15-13(18)14(19)17-16-10-11-5-7-12(8-6-11)20-4-2/h3,5-8,10H,1,4,9H2,2H3,(H,15,18)(H,17,19)/b16-10+. The van der Waals surface area contributed by atoms with E-state index >= 15 is 0 Å². The second-order valence-electron chi connectivity index (χ2n) is 3.70. The molecular weight excluding hydrogens is 258 g/mol. The van der Waals surface area contributed by atoms with Gasteiger partial charge in [-0.2, -0.15) is 5.10 Å². The molecule has 0 bridgehead atoms. The molecule has 0 aliphatic carbocycles. The van der Waals surface area contributed by atoms with Gasteiger partial charge in [0.25, 0.3) is 0 Å². The van der Waals surface area contributed by atoms with Crippen molar-refractivity contribution in [1.82, 2.24) is 10.7 Å². The molecule has 0 heterocycles. The normalized spacial score (nSPS) is 10.1. The Balaban J connectivity index is 2.45. The highest BCUT2D eigenvalue weighted by Gasteiger charge is 2.10. The summed E-state index contributed by atoms with van der Waals surface area (Å²) in [5.41, 5.74) is 2.91. The molecule has 2 N–H and O–H groups in total. The predicted molar refractivity (Wildman–Crippen MR) is 76.6 cm³/mol. The molecule has 0 spiro atoms. The van der Waals surface area contributed by atoms with Crippen molar-refractivity contribution in [2.75, 3.05) is 13.2 Å². The molecule has 0 saturated heterocycles. The quantitative estimate of drug-likeness (QED) is 0.349. The lowest BCUT2D eigenvalue weighted by molar-refractivity contribution is -0.139. The molecule has 0 unspecified atom stereocenters. The summed E-state index contributed by atoms with van der Waals surface area (Å²) in [6.45, 7) is 6.16. The van der Waals surface area contributed by atoms with E-state index in [1.165, 1.54) is 12.3 Å². The Bertz CT molecular complexity index is 495. The number of amides is 2. The van der Waals surface area contributed by atoms with Crippen LogP contribution in [0, 0.1) is 0 Å². The Labute approximate surface area is 117 Å². The van der Waals surface area contributed by atoms with Gasteiger partial charge in [-0.15, -0.1) is 6.58 Å². The van der Waals surface area contributed by atoms with Gasteiger partial charge in [-0.25, -0.2) is 5.43 Å². The first kappa shape index (κ1) is 15.4. The third-order valence-electron chi connectivity index (χ3n) is 2.18. The Hall–Kier alpha value is -2.63. The third kappa shape index (κ3) is 5.34. The lowest BCUT2D eigenvalue weighted by Crippen LogP contribution is -2.37. The summed E-state index contributed by atoms with van der Waals surface area (Å²) >= 11 is 0. The van der Waals surface area contributed by atoms with Gasteiger partial charge in [-0.1, -0.05) is 6.08 Å². The molecule has 0 fully saturated rings. The molecule has 2 amide bonds. The number of carbonyl (C=O) groups is 2. The van der Waals surface area contributed by atoms with Crippen LogP contribution >= 0.6 is 0 Å². The highest BCUT2D eigenvalue weighted by atomic mass is 16.5. The average Bonchev–Trinajstić information content (AvgIpc) is 2.46. The van der Waals surface area contributed by atoms with E-state index < -0.39 is 11.8 Å². The highest BCUT2D eigenvalue weighted by molar-refractivity contribution is 6.35. The smallest absolute Gasteiger partial charge is 0.329 e. The molecular formula is C14H17N3O3. The molecule has 1 rings (SSSR count). The van der Waals surface area contributed by atoms with Crippen LogP contribution in [-0.4, -0.2) is 31.2 Å². The van der Waals surface area contributed by atoms with Crippen LogP contribution in [0.25, 0.3) is 0 Å². The van der Waals surface area contributed by atoms with Gasteiger partial charge in [0, 0.05) is 6.54 Å². The van der Waals surface area contributed by atoms with Crippen molar-refractivity contribution >= 4 is 18.0 Å². The summed E-state index contributed by atoms with van der Waals surface area (Å²) in [4.78, 5) is 22.5. The summed E-state index contributed by atoms with van der Waals surface area (Å²) in [6.07, 6.45) is 2.92. The molecule has 106 valence electrons. The molecule has 0 aliphatic heterocycles. The molecule has 0 atom stereocenters. The van der Waals surface area contributed by atoms with E-state index in [2.05, 4.69) is 22.4 Å². The van der Waals surface area contributed by atoms with Crippen molar-refractivity contribution in [2.24, 2.45) is 5.10 Å². The minimum Gasteiger partial charge on any atom is -0.494 e. The number of hydrogen-bond donors (Lipinski definition) is 2. The zero-order valence-electron chi connectivity index (χ0n) is 11.3. The maximum Gasteiger partial charge on any atom is 0.329 e. The predicted octanol–water partition coefficient (Wildman–Crippen LogP) is 0.838. The van der Waals surface area contributed by atoms with Gasteiger partial charge in [0.2, 0.25) is 0 Å². The van der Waals surface area contributed by atoms with E-state index in [0.29, 0.717) is 6.61 Å². The van der Waals surface area contributed by atoms with E-state index in [4.69, 9.17) is 4.74 Å². The minimum atomic E-state index is -0.825. The Kier molecular flexibility index (Phi) is 6.53. The number of carbonyl (C=O) groups excluding carboxylic acids is 2. The number of benzene rings is 1. The molecule has 1 aromatic carbocycles. The lowest BCUT2D eigenvalue weighted by Gasteiger charge is -2.02. The summed E-state index contributed by atoms with van der Waals surface area (Å²) in [5.74, 6) is -0.819. The molecule has 1 aromatic rings. The van der Waals surface area contributed by atoms with E-state index in [-0.39, 0.29) is 6.54 Å².